The van der Waals surface area contributed by atoms with Crippen molar-refractivity contribution in [2.45, 2.75) is 52.6 Å². The van der Waals surface area contributed by atoms with Gasteiger partial charge in [0.1, 0.15) is 0 Å². The Bertz CT molecular complexity index is 182. The molecule has 0 amide bonds. The van der Waals surface area contributed by atoms with Crippen LogP contribution in [0.15, 0.2) is 11.6 Å². The molecule has 0 unspecified atom stereocenters. The molecule has 0 spiro atoms. The van der Waals surface area contributed by atoms with Crippen LogP contribution in [-0.2, 0) is 0 Å². The molecule has 1 aliphatic rings. The Morgan fingerprint density at radius 1 is 1.54 bits per heavy atom. The summed E-state index contributed by atoms with van der Waals surface area (Å²) in [5.74, 6) is 1.28. The van der Waals surface area contributed by atoms with E-state index in [4.69, 9.17) is 0 Å². The molecule has 0 aromatic heterocycles. The highest BCUT2D eigenvalue weighted by molar-refractivity contribution is 5.07. The third kappa shape index (κ3) is 3.51. The lowest BCUT2D eigenvalue weighted by atomic mass is 9.86. The Hall–Kier alpha value is -0.300. The summed E-state index contributed by atoms with van der Waals surface area (Å²) < 4.78 is 0. The van der Waals surface area contributed by atoms with E-state index < -0.39 is 0 Å². The van der Waals surface area contributed by atoms with E-state index >= 15 is 0 Å². The highest BCUT2D eigenvalue weighted by Crippen LogP contribution is 2.27. The van der Waals surface area contributed by atoms with E-state index in [1.54, 1.807) is 5.57 Å². The lowest BCUT2D eigenvalue weighted by molar-refractivity contribution is 0.134. The fourth-order valence-electron chi connectivity index (χ4n) is 1.79. The topological polar surface area (TPSA) is 20.2 Å². The first-order valence-electron chi connectivity index (χ1n) is 5.45. The summed E-state index contributed by atoms with van der Waals surface area (Å²) in [6, 6.07) is 0. The van der Waals surface area contributed by atoms with Crippen molar-refractivity contribution in [1.82, 2.24) is 0 Å². The van der Waals surface area contributed by atoms with Gasteiger partial charge in [0.2, 0.25) is 0 Å². The highest BCUT2D eigenvalue weighted by Gasteiger charge is 2.14. The van der Waals surface area contributed by atoms with Crippen molar-refractivity contribution in [1.29, 1.82) is 0 Å². The van der Waals surface area contributed by atoms with E-state index in [9.17, 15) is 5.11 Å². The molecular formula is C12H22O. The van der Waals surface area contributed by atoms with Crippen LogP contribution < -0.4 is 0 Å². The van der Waals surface area contributed by atoms with Crippen LogP contribution in [0.5, 0.6) is 0 Å². The van der Waals surface area contributed by atoms with Gasteiger partial charge in [-0.2, -0.15) is 0 Å². The van der Waals surface area contributed by atoms with Crippen LogP contribution in [0.25, 0.3) is 0 Å². The summed E-state index contributed by atoms with van der Waals surface area (Å²) in [5.41, 5.74) is 1.56. The molecule has 3 atom stereocenters. The third-order valence-electron chi connectivity index (χ3n) is 3.17. The maximum Gasteiger partial charge on any atom is 0.0540 e. The van der Waals surface area contributed by atoms with Crippen LogP contribution in [0.1, 0.15) is 46.5 Å². The second kappa shape index (κ2) is 4.80. The van der Waals surface area contributed by atoms with Crippen molar-refractivity contribution in [3.8, 4) is 0 Å². The molecule has 1 rings (SSSR count). The standard InChI is InChI=1S/C12H22O/c1-9-4-6-12(7-5-9)8-10(2)11(3)13/h6,9-11,13H,4-5,7-8H2,1-3H3/t9-,10-,11-/m1/s1. The number of aliphatic hydroxyl groups excluding tert-OH is 1. The zero-order chi connectivity index (χ0) is 9.84. The van der Waals surface area contributed by atoms with Crippen LogP contribution in [-0.4, -0.2) is 11.2 Å². The van der Waals surface area contributed by atoms with E-state index in [2.05, 4.69) is 19.9 Å². The molecule has 0 aliphatic heterocycles. The number of hydrogen-bond donors (Lipinski definition) is 1. The maximum atomic E-state index is 9.38. The van der Waals surface area contributed by atoms with Gasteiger partial charge in [0.25, 0.3) is 0 Å². The molecule has 0 heterocycles. The van der Waals surface area contributed by atoms with Crippen LogP contribution in [0.2, 0.25) is 0 Å². The van der Waals surface area contributed by atoms with Gasteiger partial charge in [-0.15, -0.1) is 0 Å². The average Bonchev–Trinajstić information content (AvgIpc) is 2.08. The predicted molar refractivity (Wildman–Crippen MR) is 56.6 cm³/mol. The van der Waals surface area contributed by atoms with Gasteiger partial charge < -0.3 is 5.11 Å². The van der Waals surface area contributed by atoms with E-state index in [1.807, 2.05) is 6.92 Å². The molecule has 0 saturated carbocycles. The van der Waals surface area contributed by atoms with Gasteiger partial charge in [-0.1, -0.05) is 25.5 Å². The Morgan fingerprint density at radius 2 is 2.23 bits per heavy atom. The summed E-state index contributed by atoms with van der Waals surface area (Å²) >= 11 is 0. The second-order valence-corrected chi connectivity index (χ2v) is 4.66. The molecule has 1 aliphatic carbocycles. The van der Waals surface area contributed by atoms with E-state index in [0.29, 0.717) is 5.92 Å². The van der Waals surface area contributed by atoms with Crippen molar-refractivity contribution in [3.05, 3.63) is 11.6 Å². The van der Waals surface area contributed by atoms with Crippen LogP contribution in [0.4, 0.5) is 0 Å². The number of rotatable bonds is 3. The highest BCUT2D eigenvalue weighted by atomic mass is 16.3. The molecule has 13 heavy (non-hydrogen) atoms. The molecule has 0 aromatic carbocycles. The SMILES string of the molecule is C[C@@H]1CC=C(C[C@@H](C)[C@@H](C)O)CC1. The minimum atomic E-state index is -0.166. The summed E-state index contributed by atoms with van der Waals surface area (Å²) in [7, 11) is 0. The van der Waals surface area contributed by atoms with Gasteiger partial charge in [0, 0.05) is 0 Å². The summed E-state index contributed by atoms with van der Waals surface area (Å²) in [5, 5.41) is 9.38. The van der Waals surface area contributed by atoms with Crippen molar-refractivity contribution in [2.75, 3.05) is 0 Å². The van der Waals surface area contributed by atoms with E-state index in [0.717, 1.165) is 12.3 Å². The molecule has 0 fully saturated rings. The molecule has 1 heteroatoms. The quantitative estimate of drug-likeness (QED) is 0.665. The Kier molecular flexibility index (Phi) is 3.98. The van der Waals surface area contributed by atoms with Gasteiger partial charge in [-0.3, -0.25) is 0 Å². The molecule has 0 saturated heterocycles. The Morgan fingerprint density at radius 3 is 2.69 bits per heavy atom. The molecule has 1 N–H and O–H groups in total. The van der Waals surface area contributed by atoms with Crippen molar-refractivity contribution in [2.24, 2.45) is 11.8 Å². The lowest BCUT2D eigenvalue weighted by Gasteiger charge is -2.22. The van der Waals surface area contributed by atoms with E-state index in [-0.39, 0.29) is 6.10 Å². The zero-order valence-electron chi connectivity index (χ0n) is 9.09. The maximum absolute atomic E-state index is 9.38. The minimum absolute atomic E-state index is 0.166. The molecule has 0 radical (unpaired) electrons. The Labute approximate surface area is 81.9 Å². The molecule has 1 nitrogen and oxygen atoms in total. The first-order chi connectivity index (χ1) is 6.09. The fraction of sp³-hybridized carbons (Fsp3) is 0.833. The van der Waals surface area contributed by atoms with Crippen LogP contribution in [0, 0.1) is 11.8 Å². The van der Waals surface area contributed by atoms with Crippen LogP contribution in [0.3, 0.4) is 0 Å². The summed E-state index contributed by atoms with van der Waals surface area (Å²) in [6.45, 7) is 6.32. The van der Waals surface area contributed by atoms with Crippen molar-refractivity contribution in [3.63, 3.8) is 0 Å². The molecule has 0 aromatic rings. The first-order valence-corrected chi connectivity index (χ1v) is 5.45. The van der Waals surface area contributed by atoms with Gasteiger partial charge in [0.05, 0.1) is 6.10 Å². The van der Waals surface area contributed by atoms with Crippen molar-refractivity contribution >= 4 is 0 Å². The molecular weight excluding hydrogens is 160 g/mol. The zero-order valence-corrected chi connectivity index (χ0v) is 9.09. The number of allylic oxidation sites excluding steroid dienone is 2. The smallest absolute Gasteiger partial charge is 0.0540 e. The monoisotopic (exact) mass is 182 g/mol. The lowest BCUT2D eigenvalue weighted by Crippen LogP contribution is -2.15. The van der Waals surface area contributed by atoms with E-state index in [1.165, 1.54) is 19.3 Å². The third-order valence-corrected chi connectivity index (χ3v) is 3.17. The summed E-state index contributed by atoms with van der Waals surface area (Å²) in [6.07, 6.45) is 7.12. The van der Waals surface area contributed by atoms with Crippen LogP contribution >= 0.6 is 0 Å². The first kappa shape index (κ1) is 10.8. The normalized spacial score (nSPS) is 28.0. The second-order valence-electron chi connectivity index (χ2n) is 4.66. The predicted octanol–water partition coefficient (Wildman–Crippen LogP) is 3.14. The van der Waals surface area contributed by atoms with Gasteiger partial charge in [0.15, 0.2) is 0 Å². The minimum Gasteiger partial charge on any atom is -0.393 e. The van der Waals surface area contributed by atoms with Gasteiger partial charge in [-0.25, -0.2) is 0 Å². The fourth-order valence-corrected chi connectivity index (χ4v) is 1.79. The Balaban J connectivity index is 2.37. The number of aliphatic hydroxyl groups is 1. The number of hydrogen-bond acceptors (Lipinski definition) is 1. The molecule has 76 valence electrons. The summed E-state index contributed by atoms with van der Waals surface area (Å²) in [4.78, 5) is 0. The largest absolute Gasteiger partial charge is 0.393 e. The van der Waals surface area contributed by atoms with Gasteiger partial charge >= 0.3 is 0 Å². The molecule has 0 bridgehead atoms. The van der Waals surface area contributed by atoms with Crippen molar-refractivity contribution < 1.29 is 5.11 Å². The van der Waals surface area contributed by atoms with Gasteiger partial charge in [-0.05, 0) is 44.4 Å². The average molecular weight is 182 g/mol.